The number of hydrogen-bond acceptors (Lipinski definition) is 3. The monoisotopic (exact) mass is 248 g/mol. The van der Waals surface area contributed by atoms with Crippen LogP contribution in [0.2, 0.25) is 0 Å². The van der Waals surface area contributed by atoms with Gasteiger partial charge in [0.1, 0.15) is 5.75 Å². The smallest absolute Gasteiger partial charge is 0.119 e. The highest BCUT2D eigenvalue weighted by molar-refractivity contribution is 5.49. The van der Waals surface area contributed by atoms with Crippen LogP contribution in [-0.4, -0.2) is 25.7 Å². The predicted molar refractivity (Wildman–Crippen MR) is 76.3 cm³/mol. The number of nitrogens with zero attached hydrogens (tertiary/aromatic N) is 1. The lowest BCUT2D eigenvalue weighted by Gasteiger charge is -2.32. The van der Waals surface area contributed by atoms with Crippen molar-refractivity contribution in [1.29, 1.82) is 0 Å². The molecule has 2 N–H and O–H groups in total. The summed E-state index contributed by atoms with van der Waals surface area (Å²) in [6, 6.07) is 8.83. The van der Waals surface area contributed by atoms with Crippen LogP contribution in [0, 0.1) is 0 Å². The standard InChI is InChI=1S/C15H24N2O/c1-2-3-12-18-15-6-4-14(5-7-15)17-10-8-13(16)9-11-17/h4-7,13H,2-3,8-12,16H2,1H3. The summed E-state index contributed by atoms with van der Waals surface area (Å²) in [7, 11) is 0. The van der Waals surface area contributed by atoms with E-state index in [0.29, 0.717) is 6.04 Å². The van der Waals surface area contributed by atoms with Crippen LogP contribution in [0.25, 0.3) is 0 Å². The Kier molecular flexibility index (Phi) is 4.88. The summed E-state index contributed by atoms with van der Waals surface area (Å²) in [6.45, 7) is 5.12. The second kappa shape index (κ2) is 6.64. The van der Waals surface area contributed by atoms with Gasteiger partial charge in [-0.25, -0.2) is 0 Å². The van der Waals surface area contributed by atoms with Gasteiger partial charge in [0.2, 0.25) is 0 Å². The van der Waals surface area contributed by atoms with Gasteiger partial charge in [-0.2, -0.15) is 0 Å². The fraction of sp³-hybridized carbons (Fsp3) is 0.600. The zero-order valence-corrected chi connectivity index (χ0v) is 11.3. The summed E-state index contributed by atoms with van der Waals surface area (Å²) in [5, 5.41) is 0. The molecule has 0 bridgehead atoms. The molecule has 0 aromatic heterocycles. The Morgan fingerprint density at radius 3 is 2.50 bits per heavy atom. The number of nitrogens with two attached hydrogens (primary N) is 1. The number of rotatable bonds is 5. The van der Waals surface area contributed by atoms with E-state index in [1.807, 2.05) is 0 Å². The minimum atomic E-state index is 0.387. The Labute approximate surface area is 110 Å². The van der Waals surface area contributed by atoms with Crippen LogP contribution in [-0.2, 0) is 0 Å². The molecule has 3 heteroatoms. The van der Waals surface area contributed by atoms with E-state index >= 15 is 0 Å². The zero-order valence-electron chi connectivity index (χ0n) is 11.3. The molecule has 18 heavy (non-hydrogen) atoms. The van der Waals surface area contributed by atoms with Crippen molar-refractivity contribution in [1.82, 2.24) is 0 Å². The lowest BCUT2D eigenvalue weighted by atomic mass is 10.1. The van der Waals surface area contributed by atoms with Crippen molar-refractivity contribution in [2.45, 2.75) is 38.6 Å². The molecule has 0 atom stereocenters. The fourth-order valence-corrected chi connectivity index (χ4v) is 2.25. The highest BCUT2D eigenvalue weighted by Crippen LogP contribution is 2.22. The van der Waals surface area contributed by atoms with Crippen LogP contribution >= 0.6 is 0 Å². The molecule has 0 unspecified atom stereocenters. The summed E-state index contributed by atoms with van der Waals surface area (Å²) >= 11 is 0. The lowest BCUT2D eigenvalue weighted by molar-refractivity contribution is 0.309. The van der Waals surface area contributed by atoms with Crippen molar-refractivity contribution in [3.8, 4) is 5.75 Å². The highest BCUT2D eigenvalue weighted by Gasteiger charge is 2.15. The molecule has 1 aromatic rings. The Morgan fingerprint density at radius 2 is 1.89 bits per heavy atom. The van der Waals surface area contributed by atoms with Gasteiger partial charge in [0.05, 0.1) is 6.61 Å². The van der Waals surface area contributed by atoms with E-state index in [4.69, 9.17) is 10.5 Å². The van der Waals surface area contributed by atoms with Crippen LogP contribution in [0.15, 0.2) is 24.3 Å². The molecule has 0 amide bonds. The van der Waals surface area contributed by atoms with Crippen LogP contribution in [0.1, 0.15) is 32.6 Å². The second-order valence-corrected chi connectivity index (χ2v) is 5.02. The van der Waals surface area contributed by atoms with E-state index < -0.39 is 0 Å². The number of unbranched alkanes of at least 4 members (excludes halogenated alkanes) is 1. The molecule has 1 aliphatic rings. The molecule has 100 valence electrons. The Balaban J connectivity index is 1.87. The largest absolute Gasteiger partial charge is 0.494 e. The average molecular weight is 248 g/mol. The molecule has 1 saturated heterocycles. The fourth-order valence-electron chi connectivity index (χ4n) is 2.25. The van der Waals surface area contributed by atoms with E-state index in [1.54, 1.807) is 0 Å². The van der Waals surface area contributed by atoms with Gasteiger partial charge in [0.15, 0.2) is 0 Å². The molecule has 1 aliphatic heterocycles. The SMILES string of the molecule is CCCCOc1ccc(N2CCC(N)CC2)cc1. The van der Waals surface area contributed by atoms with Crippen LogP contribution in [0.4, 0.5) is 5.69 Å². The van der Waals surface area contributed by atoms with Gasteiger partial charge in [0.25, 0.3) is 0 Å². The third-order valence-corrected chi connectivity index (χ3v) is 3.51. The normalized spacial score (nSPS) is 16.9. The average Bonchev–Trinajstić information content (AvgIpc) is 2.41. The van der Waals surface area contributed by atoms with Crippen molar-refractivity contribution >= 4 is 5.69 Å². The maximum atomic E-state index is 5.92. The van der Waals surface area contributed by atoms with Gasteiger partial charge in [-0.3, -0.25) is 0 Å². The van der Waals surface area contributed by atoms with Gasteiger partial charge in [0, 0.05) is 24.8 Å². The Morgan fingerprint density at radius 1 is 1.22 bits per heavy atom. The van der Waals surface area contributed by atoms with Gasteiger partial charge in [-0.1, -0.05) is 13.3 Å². The molecule has 0 radical (unpaired) electrons. The van der Waals surface area contributed by atoms with Crippen LogP contribution in [0.3, 0.4) is 0 Å². The molecule has 3 nitrogen and oxygen atoms in total. The predicted octanol–water partition coefficient (Wildman–Crippen LogP) is 2.79. The van der Waals surface area contributed by atoms with Crippen LogP contribution in [0.5, 0.6) is 5.75 Å². The molecular weight excluding hydrogens is 224 g/mol. The molecule has 2 rings (SSSR count). The Bertz CT molecular complexity index is 342. The quantitative estimate of drug-likeness (QED) is 0.814. The third-order valence-electron chi connectivity index (χ3n) is 3.51. The minimum Gasteiger partial charge on any atom is -0.494 e. The molecule has 1 fully saturated rings. The molecule has 1 heterocycles. The van der Waals surface area contributed by atoms with E-state index in [9.17, 15) is 0 Å². The highest BCUT2D eigenvalue weighted by atomic mass is 16.5. The van der Waals surface area contributed by atoms with Gasteiger partial charge >= 0.3 is 0 Å². The number of hydrogen-bond donors (Lipinski definition) is 1. The maximum absolute atomic E-state index is 5.92. The van der Waals surface area contributed by atoms with Gasteiger partial charge in [-0.05, 0) is 43.5 Å². The van der Waals surface area contributed by atoms with Gasteiger partial charge < -0.3 is 15.4 Å². The van der Waals surface area contributed by atoms with E-state index in [-0.39, 0.29) is 0 Å². The van der Waals surface area contributed by atoms with Crippen molar-refractivity contribution in [2.75, 3.05) is 24.6 Å². The van der Waals surface area contributed by atoms with E-state index in [0.717, 1.165) is 44.7 Å². The number of ether oxygens (including phenoxy) is 1. The zero-order chi connectivity index (χ0) is 12.8. The van der Waals surface area contributed by atoms with Crippen molar-refractivity contribution in [3.05, 3.63) is 24.3 Å². The van der Waals surface area contributed by atoms with Gasteiger partial charge in [-0.15, -0.1) is 0 Å². The maximum Gasteiger partial charge on any atom is 0.119 e. The molecular formula is C15H24N2O. The molecule has 0 saturated carbocycles. The minimum absolute atomic E-state index is 0.387. The van der Waals surface area contributed by atoms with E-state index in [1.165, 1.54) is 12.1 Å². The summed E-state index contributed by atoms with van der Waals surface area (Å²) in [5.41, 5.74) is 7.20. The lowest BCUT2D eigenvalue weighted by Crippen LogP contribution is -2.39. The summed E-state index contributed by atoms with van der Waals surface area (Å²) in [5.74, 6) is 0.973. The van der Waals surface area contributed by atoms with Crippen molar-refractivity contribution in [3.63, 3.8) is 0 Å². The summed E-state index contributed by atoms with van der Waals surface area (Å²) in [6.07, 6.45) is 4.47. The van der Waals surface area contributed by atoms with Crippen molar-refractivity contribution in [2.24, 2.45) is 5.73 Å². The number of piperidine rings is 1. The Hall–Kier alpha value is -1.22. The number of benzene rings is 1. The van der Waals surface area contributed by atoms with Crippen LogP contribution < -0.4 is 15.4 Å². The molecule has 1 aromatic carbocycles. The molecule has 0 spiro atoms. The first-order valence-electron chi connectivity index (χ1n) is 7.03. The second-order valence-electron chi connectivity index (χ2n) is 5.02. The topological polar surface area (TPSA) is 38.5 Å². The van der Waals surface area contributed by atoms with E-state index in [2.05, 4.69) is 36.1 Å². The number of anilines is 1. The molecule has 0 aliphatic carbocycles. The first-order chi connectivity index (χ1) is 8.79. The first-order valence-corrected chi connectivity index (χ1v) is 7.03. The van der Waals surface area contributed by atoms with Crippen molar-refractivity contribution < 1.29 is 4.74 Å². The third kappa shape index (κ3) is 3.64. The summed E-state index contributed by atoms with van der Waals surface area (Å²) in [4.78, 5) is 2.40. The summed E-state index contributed by atoms with van der Waals surface area (Å²) < 4.78 is 5.67. The first kappa shape index (κ1) is 13.2.